The van der Waals surface area contributed by atoms with Crippen LogP contribution < -0.4 is 0 Å². The van der Waals surface area contributed by atoms with E-state index in [2.05, 4.69) is 17.9 Å². The molecule has 0 bridgehead atoms. The molecule has 3 heterocycles. The lowest BCUT2D eigenvalue weighted by Gasteiger charge is -2.33. The molecule has 1 atom stereocenters. The van der Waals surface area contributed by atoms with Crippen LogP contribution in [0, 0.1) is 6.92 Å². The van der Waals surface area contributed by atoms with Gasteiger partial charge in [-0.05, 0) is 58.1 Å². The highest BCUT2D eigenvalue weighted by Crippen LogP contribution is 2.39. The summed E-state index contributed by atoms with van der Waals surface area (Å²) >= 11 is 1.88. The zero-order valence-corrected chi connectivity index (χ0v) is 16.2. The van der Waals surface area contributed by atoms with Gasteiger partial charge in [-0.3, -0.25) is 4.90 Å². The fraction of sp³-hybridized carbons (Fsp3) is 0.700. The molecule has 4 nitrogen and oxygen atoms in total. The van der Waals surface area contributed by atoms with E-state index < -0.39 is 0 Å². The zero-order valence-electron chi connectivity index (χ0n) is 15.4. The van der Waals surface area contributed by atoms with E-state index in [1.807, 2.05) is 18.3 Å². The molecule has 136 valence electrons. The second kappa shape index (κ2) is 6.93. The Kier molecular flexibility index (Phi) is 4.82. The molecule has 0 radical (unpaired) electrons. The van der Waals surface area contributed by atoms with Gasteiger partial charge in [0.05, 0.1) is 12.3 Å². The van der Waals surface area contributed by atoms with Gasteiger partial charge >= 0.3 is 0 Å². The molecule has 0 aromatic carbocycles. The van der Waals surface area contributed by atoms with Gasteiger partial charge < -0.3 is 5.11 Å². The Bertz CT molecular complexity index is 753. The van der Waals surface area contributed by atoms with Crippen molar-refractivity contribution in [3.05, 3.63) is 22.5 Å². The van der Waals surface area contributed by atoms with Crippen LogP contribution in [0.1, 0.15) is 74.2 Å². The largest absolute Gasteiger partial charge is 0.394 e. The predicted molar refractivity (Wildman–Crippen MR) is 103 cm³/mol. The highest BCUT2D eigenvalue weighted by atomic mass is 32.1. The van der Waals surface area contributed by atoms with Crippen molar-refractivity contribution in [2.24, 2.45) is 0 Å². The molecular formula is C20H29N3OS. The number of aryl methyl sites for hydroxylation is 1. The van der Waals surface area contributed by atoms with Gasteiger partial charge in [0, 0.05) is 22.3 Å². The molecule has 2 aromatic rings. The van der Waals surface area contributed by atoms with Crippen molar-refractivity contribution >= 4 is 21.6 Å². The third-order valence-corrected chi connectivity index (χ3v) is 7.39. The molecule has 0 spiro atoms. The van der Waals surface area contributed by atoms with Gasteiger partial charge in [0.15, 0.2) is 0 Å². The third-order valence-electron chi connectivity index (χ3n) is 6.20. The molecule has 2 aromatic heterocycles. The van der Waals surface area contributed by atoms with Crippen molar-refractivity contribution in [2.45, 2.75) is 76.8 Å². The lowest BCUT2D eigenvalue weighted by atomic mass is 9.88. The summed E-state index contributed by atoms with van der Waals surface area (Å²) in [5.74, 6) is 1.58. The maximum Gasteiger partial charge on any atom is 0.127 e. The van der Waals surface area contributed by atoms with E-state index in [1.54, 1.807) is 0 Å². The van der Waals surface area contributed by atoms with Gasteiger partial charge in [0.25, 0.3) is 0 Å². The smallest absolute Gasteiger partial charge is 0.127 e. The first kappa shape index (κ1) is 17.4. The Balaban J connectivity index is 1.67. The summed E-state index contributed by atoms with van der Waals surface area (Å²) in [6, 6.07) is 2.37. The SMILES string of the molecule is Cc1nc(CN2CCCC2(C)CO)c2cc(C3CCCCC3)sc2n1. The van der Waals surface area contributed by atoms with E-state index >= 15 is 0 Å². The summed E-state index contributed by atoms with van der Waals surface area (Å²) in [5, 5.41) is 11.1. The Morgan fingerprint density at radius 1 is 1.24 bits per heavy atom. The van der Waals surface area contributed by atoms with Gasteiger partial charge in [-0.1, -0.05) is 19.3 Å². The third kappa shape index (κ3) is 3.34. The quantitative estimate of drug-likeness (QED) is 0.879. The molecule has 25 heavy (non-hydrogen) atoms. The number of nitrogens with zero attached hydrogens (tertiary/aromatic N) is 3. The highest BCUT2D eigenvalue weighted by Gasteiger charge is 2.36. The second-order valence-electron chi connectivity index (χ2n) is 8.10. The van der Waals surface area contributed by atoms with E-state index in [-0.39, 0.29) is 12.1 Å². The standard InChI is InChI=1S/C20H29N3OS/c1-14-21-17(12-23-10-6-9-20(23,2)13-24)16-11-18(25-19(16)22-14)15-7-4-3-5-8-15/h11,15,24H,3-10,12-13H2,1-2H3. The highest BCUT2D eigenvalue weighted by molar-refractivity contribution is 7.18. The number of hydrogen-bond acceptors (Lipinski definition) is 5. The summed E-state index contributed by atoms with van der Waals surface area (Å²) < 4.78 is 0. The molecule has 4 rings (SSSR count). The van der Waals surface area contributed by atoms with Crippen molar-refractivity contribution in [1.82, 2.24) is 14.9 Å². The normalized spacial score (nSPS) is 25.9. The fourth-order valence-electron chi connectivity index (χ4n) is 4.53. The average molecular weight is 360 g/mol. The van der Waals surface area contributed by atoms with Crippen LogP contribution >= 0.6 is 11.3 Å². The van der Waals surface area contributed by atoms with Crippen molar-refractivity contribution in [2.75, 3.05) is 13.2 Å². The number of fused-ring (bicyclic) bond motifs is 1. The topological polar surface area (TPSA) is 49.2 Å². The Morgan fingerprint density at radius 2 is 2.04 bits per heavy atom. The minimum absolute atomic E-state index is 0.104. The van der Waals surface area contributed by atoms with Gasteiger partial charge in [0.2, 0.25) is 0 Å². The van der Waals surface area contributed by atoms with Crippen LogP contribution in [-0.2, 0) is 6.54 Å². The summed E-state index contributed by atoms with van der Waals surface area (Å²) in [5.41, 5.74) is 1.04. The van der Waals surface area contributed by atoms with Crippen LogP contribution in [-0.4, -0.2) is 38.7 Å². The fourth-order valence-corrected chi connectivity index (χ4v) is 5.80. The molecule has 2 fully saturated rings. The van der Waals surface area contributed by atoms with Crippen LogP contribution in [0.15, 0.2) is 6.07 Å². The van der Waals surface area contributed by atoms with Crippen LogP contribution in [0.25, 0.3) is 10.2 Å². The molecule has 1 aliphatic carbocycles. The predicted octanol–water partition coefficient (Wildman–Crippen LogP) is 4.39. The molecular weight excluding hydrogens is 330 g/mol. The summed E-state index contributed by atoms with van der Waals surface area (Å²) in [4.78, 5) is 14.6. The van der Waals surface area contributed by atoms with E-state index in [9.17, 15) is 5.11 Å². The molecule has 5 heteroatoms. The zero-order chi connectivity index (χ0) is 17.4. The molecule has 1 saturated carbocycles. The van der Waals surface area contributed by atoms with E-state index in [0.717, 1.165) is 48.2 Å². The van der Waals surface area contributed by atoms with Gasteiger partial charge in [-0.25, -0.2) is 9.97 Å². The van der Waals surface area contributed by atoms with Crippen LogP contribution in [0.3, 0.4) is 0 Å². The summed E-state index contributed by atoms with van der Waals surface area (Å²) in [7, 11) is 0. The first-order valence-electron chi connectivity index (χ1n) is 9.72. The Labute approximate surface area is 154 Å². The van der Waals surface area contributed by atoms with Gasteiger partial charge in [-0.2, -0.15) is 0 Å². The first-order chi connectivity index (χ1) is 12.1. The van der Waals surface area contributed by atoms with Crippen molar-refractivity contribution in [3.63, 3.8) is 0 Å². The number of hydrogen-bond donors (Lipinski definition) is 1. The van der Waals surface area contributed by atoms with Crippen molar-refractivity contribution in [3.8, 4) is 0 Å². The van der Waals surface area contributed by atoms with E-state index in [0.29, 0.717) is 0 Å². The number of aliphatic hydroxyl groups excluding tert-OH is 1. The van der Waals surface area contributed by atoms with E-state index in [4.69, 9.17) is 9.97 Å². The lowest BCUT2D eigenvalue weighted by Crippen LogP contribution is -2.43. The maximum absolute atomic E-state index is 9.84. The van der Waals surface area contributed by atoms with Crippen LogP contribution in [0.2, 0.25) is 0 Å². The number of thiophene rings is 1. The Morgan fingerprint density at radius 3 is 2.80 bits per heavy atom. The molecule has 2 aliphatic rings. The summed E-state index contributed by atoms with van der Waals surface area (Å²) in [6.07, 6.45) is 8.97. The first-order valence-corrected chi connectivity index (χ1v) is 10.5. The number of rotatable bonds is 4. The Hall–Kier alpha value is -1.04. The number of aromatic nitrogens is 2. The van der Waals surface area contributed by atoms with Gasteiger partial charge in [-0.15, -0.1) is 11.3 Å². The molecule has 1 saturated heterocycles. The summed E-state index contributed by atoms with van der Waals surface area (Å²) in [6.45, 7) is 6.25. The minimum Gasteiger partial charge on any atom is -0.394 e. The molecule has 0 amide bonds. The minimum atomic E-state index is -0.104. The van der Waals surface area contributed by atoms with Gasteiger partial charge in [0.1, 0.15) is 10.7 Å². The second-order valence-corrected chi connectivity index (χ2v) is 9.16. The van der Waals surface area contributed by atoms with E-state index in [1.165, 1.54) is 42.4 Å². The van der Waals surface area contributed by atoms with Crippen molar-refractivity contribution < 1.29 is 5.11 Å². The number of aliphatic hydroxyl groups is 1. The van der Waals surface area contributed by atoms with Crippen molar-refractivity contribution in [1.29, 1.82) is 0 Å². The molecule has 1 N–H and O–H groups in total. The van der Waals surface area contributed by atoms with Crippen LogP contribution in [0.4, 0.5) is 0 Å². The molecule has 1 aliphatic heterocycles. The maximum atomic E-state index is 9.84. The monoisotopic (exact) mass is 359 g/mol. The lowest BCUT2D eigenvalue weighted by molar-refractivity contribution is 0.0727. The molecule has 1 unspecified atom stereocenters. The van der Waals surface area contributed by atoms with Crippen LogP contribution in [0.5, 0.6) is 0 Å². The average Bonchev–Trinajstić information content (AvgIpc) is 3.20. The number of likely N-dealkylation sites (tertiary alicyclic amines) is 1.